The van der Waals surface area contributed by atoms with Gasteiger partial charge < -0.3 is 9.47 Å². The predicted octanol–water partition coefficient (Wildman–Crippen LogP) is 7.09. The second-order valence-corrected chi connectivity index (χ2v) is 7.11. The summed E-state index contributed by atoms with van der Waals surface area (Å²) in [4.78, 5) is 0. The molecule has 0 aromatic heterocycles. The average Bonchev–Trinajstić information content (AvgIpc) is 2.76. The number of ether oxygens (including phenoxy) is 2. The Labute approximate surface area is 190 Å². The first-order valence-electron chi connectivity index (χ1n) is 10.1. The quantitative estimate of drug-likeness (QED) is 0.155. The zero-order valence-corrected chi connectivity index (χ0v) is 17.7. The van der Waals surface area contributed by atoms with E-state index in [0.29, 0.717) is 31.2 Å². The maximum atomic E-state index is 14.5. The molecule has 0 aliphatic heterocycles. The van der Waals surface area contributed by atoms with Gasteiger partial charge in [0.2, 0.25) is 0 Å². The van der Waals surface area contributed by atoms with E-state index in [1.165, 1.54) is 6.07 Å². The van der Waals surface area contributed by atoms with Gasteiger partial charge in [-0.25, -0.2) is 22.0 Å². The second-order valence-electron chi connectivity index (χ2n) is 7.11. The highest BCUT2D eigenvalue weighted by Crippen LogP contribution is 2.35. The molecule has 3 aromatic rings. The van der Waals surface area contributed by atoms with Crippen LogP contribution in [-0.4, -0.2) is 6.61 Å². The van der Waals surface area contributed by atoms with Crippen molar-refractivity contribution in [3.8, 4) is 23.3 Å². The number of benzene rings is 3. The molecule has 9 heteroatoms. The van der Waals surface area contributed by atoms with Gasteiger partial charge in [-0.05, 0) is 42.8 Å². The van der Waals surface area contributed by atoms with E-state index in [0.717, 1.165) is 30.7 Å². The largest absolute Gasteiger partial charge is 0.493 e. The first kappa shape index (κ1) is 25.0. The van der Waals surface area contributed by atoms with Crippen molar-refractivity contribution in [1.29, 1.82) is 0 Å². The third kappa shape index (κ3) is 6.01. The van der Waals surface area contributed by atoms with Gasteiger partial charge in [-0.2, -0.15) is 8.78 Å². The van der Waals surface area contributed by atoms with Crippen molar-refractivity contribution in [2.75, 3.05) is 6.61 Å². The molecule has 0 aliphatic rings. The van der Waals surface area contributed by atoms with Crippen molar-refractivity contribution in [3.63, 3.8) is 0 Å². The van der Waals surface area contributed by atoms with Crippen LogP contribution < -0.4 is 9.47 Å². The lowest BCUT2D eigenvalue weighted by Gasteiger charge is -2.19. The van der Waals surface area contributed by atoms with Gasteiger partial charge in [0.05, 0.1) is 12.2 Å². The van der Waals surface area contributed by atoms with Gasteiger partial charge in [0.1, 0.15) is 28.7 Å². The molecule has 0 amide bonds. The molecule has 0 radical (unpaired) electrons. The first-order valence-corrected chi connectivity index (χ1v) is 10.1. The fourth-order valence-corrected chi connectivity index (χ4v) is 2.79. The van der Waals surface area contributed by atoms with E-state index < -0.39 is 46.5 Å². The van der Waals surface area contributed by atoms with Gasteiger partial charge in [-0.15, -0.1) is 0 Å². The van der Waals surface area contributed by atoms with E-state index >= 15 is 0 Å². The van der Waals surface area contributed by atoms with E-state index in [9.17, 15) is 30.7 Å². The molecule has 178 valence electrons. The zero-order valence-electron chi connectivity index (χ0n) is 17.7. The summed E-state index contributed by atoms with van der Waals surface area (Å²) < 4.78 is 107. The Morgan fingerprint density at radius 3 is 2.03 bits per heavy atom. The van der Waals surface area contributed by atoms with Gasteiger partial charge in [0.25, 0.3) is 0 Å². The molecule has 0 atom stereocenters. The van der Waals surface area contributed by atoms with Crippen LogP contribution in [0.2, 0.25) is 0 Å². The lowest BCUT2D eigenvalue weighted by molar-refractivity contribution is -0.187. The summed E-state index contributed by atoms with van der Waals surface area (Å²) in [5.74, 6) is -2.97. The van der Waals surface area contributed by atoms with Crippen LogP contribution in [0.4, 0.5) is 30.7 Å². The van der Waals surface area contributed by atoms with Crippen molar-refractivity contribution in [3.05, 3.63) is 94.3 Å². The lowest BCUT2D eigenvalue weighted by Crippen LogP contribution is -2.23. The van der Waals surface area contributed by atoms with Crippen molar-refractivity contribution >= 4 is 0 Å². The summed E-state index contributed by atoms with van der Waals surface area (Å²) in [6.45, 7) is 2.24. The van der Waals surface area contributed by atoms with Crippen LogP contribution in [0.5, 0.6) is 11.5 Å². The summed E-state index contributed by atoms with van der Waals surface area (Å²) in [5.41, 5.74) is -1.64. The Morgan fingerprint density at radius 2 is 1.41 bits per heavy atom. The van der Waals surface area contributed by atoms with Crippen LogP contribution in [0.15, 0.2) is 48.5 Å². The minimum Gasteiger partial charge on any atom is -0.493 e. The summed E-state index contributed by atoms with van der Waals surface area (Å²) in [7, 11) is 0. The molecule has 0 unspecified atom stereocenters. The molecular weight excluding hydrogens is 465 g/mol. The molecule has 0 spiro atoms. The maximum Gasteiger partial charge on any atom is 0.429 e. The molecule has 2 nitrogen and oxygen atoms in total. The van der Waals surface area contributed by atoms with Gasteiger partial charge in [0.15, 0.2) is 17.5 Å². The van der Waals surface area contributed by atoms with Crippen molar-refractivity contribution in [1.82, 2.24) is 0 Å². The van der Waals surface area contributed by atoms with Gasteiger partial charge in [0, 0.05) is 17.7 Å². The zero-order chi connectivity index (χ0) is 24.9. The van der Waals surface area contributed by atoms with E-state index in [1.54, 1.807) is 0 Å². The topological polar surface area (TPSA) is 18.5 Å². The molecule has 0 saturated carbocycles. The van der Waals surface area contributed by atoms with Crippen LogP contribution in [0.1, 0.15) is 36.5 Å². The Balaban J connectivity index is 1.76. The SMILES string of the molecule is CCCCOc1ccc(C(F)(F)Oc2ccc(C#Cc3cc(F)c(F)c(F)c3)c(F)c2)c(F)c1. The van der Waals surface area contributed by atoms with Crippen molar-refractivity contribution in [2.24, 2.45) is 0 Å². The van der Waals surface area contributed by atoms with E-state index in [4.69, 9.17) is 4.74 Å². The molecule has 0 bridgehead atoms. The summed E-state index contributed by atoms with van der Waals surface area (Å²) >= 11 is 0. The minimum atomic E-state index is -4.13. The van der Waals surface area contributed by atoms with Crippen LogP contribution in [0, 0.1) is 40.9 Å². The molecule has 0 fully saturated rings. The second kappa shape index (κ2) is 10.5. The highest BCUT2D eigenvalue weighted by Gasteiger charge is 2.38. The number of rotatable bonds is 7. The van der Waals surface area contributed by atoms with Crippen LogP contribution in [-0.2, 0) is 6.11 Å². The van der Waals surface area contributed by atoms with Gasteiger partial charge >= 0.3 is 6.11 Å². The molecule has 0 saturated heterocycles. The molecule has 3 rings (SSSR count). The summed E-state index contributed by atoms with van der Waals surface area (Å²) in [5, 5.41) is 0. The Kier molecular flexibility index (Phi) is 7.72. The van der Waals surface area contributed by atoms with Crippen LogP contribution in [0.25, 0.3) is 0 Å². The number of hydrogen-bond donors (Lipinski definition) is 0. The highest BCUT2D eigenvalue weighted by molar-refractivity contribution is 5.45. The third-order valence-corrected chi connectivity index (χ3v) is 4.53. The summed E-state index contributed by atoms with van der Waals surface area (Å²) in [6, 6.07) is 6.59. The lowest BCUT2D eigenvalue weighted by atomic mass is 10.1. The van der Waals surface area contributed by atoms with E-state index in [2.05, 4.69) is 16.6 Å². The molecule has 3 aromatic carbocycles. The fourth-order valence-electron chi connectivity index (χ4n) is 2.79. The average molecular weight is 482 g/mol. The third-order valence-electron chi connectivity index (χ3n) is 4.53. The predicted molar refractivity (Wildman–Crippen MR) is 110 cm³/mol. The monoisotopic (exact) mass is 482 g/mol. The molecule has 0 aliphatic carbocycles. The number of unbranched alkanes of at least 4 members (excludes halogenated alkanes) is 1. The molecule has 0 N–H and O–H groups in total. The Bertz CT molecular complexity index is 1220. The van der Waals surface area contributed by atoms with Crippen LogP contribution in [0.3, 0.4) is 0 Å². The smallest absolute Gasteiger partial charge is 0.429 e. The normalized spacial score (nSPS) is 11.1. The maximum absolute atomic E-state index is 14.5. The number of halogens is 7. The summed E-state index contributed by atoms with van der Waals surface area (Å²) in [6.07, 6.45) is -2.57. The molecular formula is C25H17F7O2. The number of hydrogen-bond acceptors (Lipinski definition) is 2. The van der Waals surface area contributed by atoms with Gasteiger partial charge in [-0.3, -0.25) is 0 Å². The van der Waals surface area contributed by atoms with E-state index in [-0.39, 0.29) is 16.9 Å². The number of alkyl halides is 2. The van der Waals surface area contributed by atoms with E-state index in [1.807, 2.05) is 6.92 Å². The molecule has 0 heterocycles. The molecule has 34 heavy (non-hydrogen) atoms. The van der Waals surface area contributed by atoms with Gasteiger partial charge in [-0.1, -0.05) is 25.2 Å². The standard InChI is InChI=1S/C25H17F7O2/c1-2-3-10-33-17-8-9-19(21(27)13-17)25(31,32)34-18-7-6-16(20(26)14-18)5-4-15-11-22(28)24(30)23(29)12-15/h6-9,11-14H,2-3,10H2,1H3. The first-order chi connectivity index (χ1) is 16.1. The Morgan fingerprint density at radius 1 is 0.765 bits per heavy atom. The van der Waals surface area contributed by atoms with Crippen molar-refractivity contribution in [2.45, 2.75) is 25.9 Å². The minimum absolute atomic E-state index is 0.0837. The van der Waals surface area contributed by atoms with Crippen molar-refractivity contribution < 1.29 is 40.2 Å². The fraction of sp³-hybridized carbons (Fsp3) is 0.200. The Hall–Kier alpha value is -3.67. The van der Waals surface area contributed by atoms with Crippen LogP contribution >= 0.6 is 0 Å². The highest BCUT2D eigenvalue weighted by atomic mass is 19.3.